The van der Waals surface area contributed by atoms with Gasteiger partial charge in [0.1, 0.15) is 7.05 Å². The molecule has 0 fully saturated rings. The van der Waals surface area contributed by atoms with Crippen LogP contribution in [0.2, 0.25) is 5.02 Å². The molecule has 2 nitrogen and oxygen atoms in total. The molecule has 0 aliphatic heterocycles. The summed E-state index contributed by atoms with van der Waals surface area (Å²) in [6, 6.07) is 27.3. The van der Waals surface area contributed by atoms with Gasteiger partial charge >= 0.3 is 0 Å². The largest absolute Gasteiger partial charge is 1.00 e. The second-order valence-corrected chi connectivity index (χ2v) is 10.3. The van der Waals surface area contributed by atoms with Gasteiger partial charge in [0.2, 0.25) is 11.4 Å². The van der Waals surface area contributed by atoms with Crippen molar-refractivity contribution < 1.29 is 28.5 Å². The lowest BCUT2D eigenvalue weighted by molar-refractivity contribution is -0.662. The van der Waals surface area contributed by atoms with E-state index in [2.05, 4.69) is 127 Å². The van der Waals surface area contributed by atoms with Gasteiger partial charge in [-0.15, -0.1) is 0 Å². The lowest BCUT2D eigenvalue weighted by Gasteiger charge is -2.12. The minimum Gasteiger partial charge on any atom is -1.00 e. The maximum absolute atomic E-state index is 6.62. The van der Waals surface area contributed by atoms with Crippen LogP contribution >= 0.6 is 43.5 Å². The Balaban J connectivity index is 0.00000324. The van der Waals surface area contributed by atoms with Gasteiger partial charge in [-0.1, -0.05) is 61.7 Å². The van der Waals surface area contributed by atoms with Crippen LogP contribution in [0.25, 0.3) is 34.5 Å². The second-order valence-electron chi connectivity index (χ2n) is 8.06. The highest BCUT2D eigenvalue weighted by Gasteiger charge is 2.18. The van der Waals surface area contributed by atoms with Crippen molar-refractivity contribution in [3.05, 3.63) is 104 Å². The Hall–Kier alpha value is -1.67. The van der Waals surface area contributed by atoms with Gasteiger partial charge < -0.3 is 28.9 Å². The quantitative estimate of drug-likeness (QED) is 0.203. The average Bonchev–Trinajstić information content (AvgIpc) is 2.79. The zero-order chi connectivity index (χ0) is 23.5. The van der Waals surface area contributed by atoms with E-state index >= 15 is 0 Å². The fraction of sp³-hybridized carbons (Fsp3) is 0.107. The van der Waals surface area contributed by atoms with Crippen molar-refractivity contribution >= 4 is 61.3 Å². The normalized spacial score (nSPS) is 10.9. The van der Waals surface area contributed by atoms with Crippen molar-refractivity contribution in [1.82, 2.24) is 0 Å². The highest BCUT2D eigenvalue weighted by molar-refractivity contribution is 9.10. The van der Waals surface area contributed by atoms with E-state index in [9.17, 15) is 0 Å². The number of pyridine rings is 1. The van der Waals surface area contributed by atoms with Crippen LogP contribution < -0.4 is 33.4 Å². The third-order valence-corrected chi connectivity index (χ3v) is 6.92. The first kappa shape index (κ1) is 26.9. The molecule has 0 saturated heterocycles. The number of hydrogen-bond donors (Lipinski definition) is 0. The zero-order valence-electron chi connectivity index (χ0n) is 19.1. The Morgan fingerprint density at radius 3 is 2.03 bits per heavy atom. The number of halogens is 4. The summed E-state index contributed by atoms with van der Waals surface area (Å²) in [6.07, 6.45) is 4.30. The predicted molar refractivity (Wildman–Crippen MR) is 149 cm³/mol. The van der Waals surface area contributed by atoms with Crippen molar-refractivity contribution in [1.29, 1.82) is 0 Å². The van der Waals surface area contributed by atoms with Crippen LogP contribution in [-0.2, 0) is 7.05 Å². The molecule has 34 heavy (non-hydrogen) atoms. The second kappa shape index (κ2) is 11.8. The predicted octanol–water partition coefficient (Wildman–Crippen LogP) is 5.26. The molecule has 3 aromatic carbocycles. The molecule has 0 aliphatic rings. The Morgan fingerprint density at radius 1 is 0.765 bits per heavy atom. The van der Waals surface area contributed by atoms with E-state index in [1.54, 1.807) is 0 Å². The summed E-state index contributed by atoms with van der Waals surface area (Å²) in [5.74, 6) is 0. The van der Waals surface area contributed by atoms with Crippen LogP contribution in [0.5, 0.6) is 0 Å². The molecule has 0 aliphatic carbocycles. The van der Waals surface area contributed by atoms with Crippen LogP contribution in [0.15, 0.2) is 87.8 Å². The van der Waals surface area contributed by atoms with Gasteiger partial charge in [0.05, 0.1) is 0 Å². The average molecular weight is 711 g/mol. The van der Waals surface area contributed by atoms with Gasteiger partial charge in [-0.25, -0.2) is 0 Å². The van der Waals surface area contributed by atoms with E-state index < -0.39 is 0 Å². The number of aromatic nitrogens is 1. The van der Waals surface area contributed by atoms with E-state index in [4.69, 9.17) is 11.6 Å². The van der Waals surface area contributed by atoms with Gasteiger partial charge in [-0.05, 0) is 65.7 Å². The molecule has 1 aromatic heterocycles. The lowest BCUT2D eigenvalue weighted by atomic mass is 10.0. The van der Waals surface area contributed by atoms with E-state index in [1.165, 1.54) is 5.69 Å². The maximum Gasteiger partial charge on any atom is 0.213 e. The molecule has 0 bridgehead atoms. The summed E-state index contributed by atoms with van der Waals surface area (Å²) in [5, 5.41) is 0.717. The maximum atomic E-state index is 6.62. The minimum absolute atomic E-state index is 0. The van der Waals surface area contributed by atoms with Crippen LogP contribution in [0.3, 0.4) is 0 Å². The summed E-state index contributed by atoms with van der Waals surface area (Å²) in [6.45, 7) is 0. The highest BCUT2D eigenvalue weighted by Crippen LogP contribution is 2.33. The molecule has 0 N–H and O–H groups in total. The zero-order valence-corrected chi connectivity index (χ0v) is 25.2. The summed E-state index contributed by atoms with van der Waals surface area (Å²) >= 11 is 13.7. The summed E-state index contributed by atoms with van der Waals surface area (Å²) in [5.41, 5.74) is 7.75. The highest BCUT2D eigenvalue weighted by atomic mass is 127. The topological polar surface area (TPSA) is 7.12 Å². The van der Waals surface area contributed by atoms with E-state index in [0.29, 0.717) is 5.02 Å². The van der Waals surface area contributed by atoms with Crippen LogP contribution in [0.4, 0.5) is 5.69 Å². The van der Waals surface area contributed by atoms with Gasteiger partial charge in [0.15, 0.2) is 0 Å². The third kappa shape index (κ3) is 6.30. The van der Waals surface area contributed by atoms with Crippen molar-refractivity contribution in [2.45, 2.75) is 0 Å². The molecule has 0 atom stereocenters. The van der Waals surface area contributed by atoms with Crippen molar-refractivity contribution in [3.63, 3.8) is 0 Å². The molecule has 0 unspecified atom stereocenters. The van der Waals surface area contributed by atoms with Gasteiger partial charge in [-0.2, -0.15) is 4.57 Å². The van der Waals surface area contributed by atoms with Crippen molar-refractivity contribution in [2.24, 2.45) is 7.05 Å². The van der Waals surface area contributed by atoms with Crippen molar-refractivity contribution in [2.75, 3.05) is 19.0 Å². The number of rotatable bonds is 5. The van der Waals surface area contributed by atoms with Gasteiger partial charge in [0, 0.05) is 63.1 Å². The fourth-order valence-corrected chi connectivity index (χ4v) is 4.73. The molecule has 174 valence electrons. The first-order valence-corrected chi connectivity index (χ1v) is 12.5. The van der Waals surface area contributed by atoms with Gasteiger partial charge in [0.25, 0.3) is 0 Å². The third-order valence-electron chi connectivity index (χ3n) is 5.58. The van der Waals surface area contributed by atoms with E-state index in [0.717, 1.165) is 42.6 Å². The Labute approximate surface area is 240 Å². The molecule has 0 radical (unpaired) electrons. The first-order valence-electron chi connectivity index (χ1n) is 10.5. The minimum atomic E-state index is 0. The molecule has 0 amide bonds. The summed E-state index contributed by atoms with van der Waals surface area (Å²) < 4.78 is 4.24. The number of benzene rings is 3. The van der Waals surface area contributed by atoms with Crippen LogP contribution in [0.1, 0.15) is 11.3 Å². The number of nitrogens with zero attached hydrogens (tertiary/aromatic N) is 2. The molecule has 1 heterocycles. The molecule has 6 heteroatoms. The number of anilines is 1. The molecule has 0 saturated carbocycles. The Kier molecular flexibility index (Phi) is 9.38. The summed E-state index contributed by atoms with van der Waals surface area (Å²) in [7, 11) is 6.19. The lowest BCUT2D eigenvalue weighted by Crippen LogP contribution is -3.00. The van der Waals surface area contributed by atoms with E-state index in [-0.39, 0.29) is 24.0 Å². The number of hydrogen-bond acceptors (Lipinski definition) is 1. The first-order chi connectivity index (χ1) is 15.8. The Morgan fingerprint density at radius 2 is 1.41 bits per heavy atom. The molecule has 4 rings (SSSR count). The monoisotopic (exact) mass is 708 g/mol. The smallest absolute Gasteiger partial charge is 0.213 e. The summed E-state index contributed by atoms with van der Waals surface area (Å²) in [4.78, 5) is 2.10. The van der Waals surface area contributed by atoms with Crippen LogP contribution in [0, 0.1) is 0 Å². The molecule has 4 aromatic rings. The van der Waals surface area contributed by atoms with Crippen LogP contribution in [-0.4, -0.2) is 14.1 Å². The van der Waals surface area contributed by atoms with Crippen molar-refractivity contribution in [3.8, 4) is 22.4 Å². The standard InChI is InChI=1S/C28H24Br2ClN2.HI/c1-32(2)24-12-4-19(5-13-24)6-14-25-16-21(26-15-11-23(30)18-27(26)31)17-28(33(25)3)20-7-9-22(29)10-8-20;/h4-18H,1-3H3;1H/q+1;/p-1. The molecular formula is C28H24Br2ClIN2. The molecule has 0 spiro atoms. The fourth-order valence-electron chi connectivity index (χ4n) is 3.68. The SMILES string of the molecule is CN(C)c1ccc(/C=C/c2cc(-c3ccc(Br)cc3Cl)cc(-c3ccc(Br)cc3)[n+]2C)cc1.[I-]. The van der Waals surface area contributed by atoms with Gasteiger partial charge in [-0.3, -0.25) is 0 Å². The Bertz CT molecular complexity index is 1320. The molecular weight excluding hydrogens is 686 g/mol. The van der Waals surface area contributed by atoms with E-state index in [1.807, 2.05) is 26.2 Å².